The molecule has 0 aromatic carbocycles. The molecule has 0 radical (unpaired) electrons. The van der Waals surface area contributed by atoms with E-state index >= 15 is 0 Å². The minimum Gasteiger partial charge on any atom is -0.461 e. The number of imidazole rings is 1. The molecule has 0 unspecified atom stereocenters. The second-order valence-corrected chi connectivity index (χ2v) is 2.69. The Morgan fingerprint density at radius 3 is 3.21 bits per heavy atom. The largest absolute Gasteiger partial charge is 0.461 e. The summed E-state index contributed by atoms with van der Waals surface area (Å²) in [6.45, 7) is 2.11. The van der Waals surface area contributed by atoms with Gasteiger partial charge in [0.05, 0.1) is 12.8 Å². The molecule has 0 atom stereocenters. The van der Waals surface area contributed by atoms with E-state index < -0.39 is 5.97 Å². The van der Waals surface area contributed by atoms with Crippen LogP contribution in [-0.4, -0.2) is 26.9 Å². The second kappa shape index (κ2) is 3.45. The predicted octanol–water partition coefficient (Wildman–Crippen LogP) is 0.906. The Kier molecular flexibility index (Phi) is 2.14. The summed E-state index contributed by atoms with van der Waals surface area (Å²) in [7, 11) is 0. The van der Waals surface area contributed by atoms with Crippen LogP contribution in [0.15, 0.2) is 24.8 Å². The Labute approximate surface area is 80.4 Å². The van der Waals surface area contributed by atoms with Crippen molar-refractivity contribution in [1.29, 1.82) is 0 Å². The average molecular weight is 191 g/mol. The lowest BCUT2D eigenvalue weighted by Gasteiger charge is -2.00. The van der Waals surface area contributed by atoms with Crippen LogP contribution in [0.1, 0.15) is 17.4 Å². The first-order chi connectivity index (χ1) is 6.81. The molecular weight excluding hydrogens is 182 g/mol. The molecule has 0 saturated heterocycles. The molecule has 5 heteroatoms. The topological polar surface area (TPSA) is 56.5 Å². The van der Waals surface area contributed by atoms with Gasteiger partial charge in [0.2, 0.25) is 0 Å². The van der Waals surface area contributed by atoms with E-state index in [4.69, 9.17) is 4.74 Å². The minimum atomic E-state index is -0.414. The van der Waals surface area contributed by atoms with Crippen LogP contribution in [0.2, 0.25) is 0 Å². The van der Waals surface area contributed by atoms with Gasteiger partial charge in [-0.15, -0.1) is 0 Å². The number of fused-ring (bicyclic) bond motifs is 1. The van der Waals surface area contributed by atoms with Crippen LogP contribution in [0, 0.1) is 0 Å². The Bertz CT molecular complexity index is 464. The molecule has 0 amide bonds. The highest BCUT2D eigenvalue weighted by Crippen LogP contribution is 2.02. The Balaban J connectivity index is 2.38. The first kappa shape index (κ1) is 8.68. The van der Waals surface area contributed by atoms with Crippen LogP contribution in [0.3, 0.4) is 0 Å². The summed E-state index contributed by atoms with van der Waals surface area (Å²) in [6.07, 6.45) is 6.53. The summed E-state index contributed by atoms with van der Waals surface area (Å²) in [5.74, 6) is -0.414. The van der Waals surface area contributed by atoms with Crippen LogP contribution < -0.4 is 0 Å². The summed E-state index contributed by atoms with van der Waals surface area (Å²) in [6, 6.07) is 0. The molecule has 2 aromatic rings. The maximum Gasteiger partial charge on any atom is 0.358 e. The van der Waals surface area contributed by atoms with E-state index in [0.717, 1.165) is 0 Å². The van der Waals surface area contributed by atoms with Crippen molar-refractivity contribution in [2.45, 2.75) is 6.92 Å². The molecule has 0 fully saturated rings. The molecule has 0 aliphatic rings. The van der Waals surface area contributed by atoms with Gasteiger partial charge in [0.15, 0.2) is 11.3 Å². The van der Waals surface area contributed by atoms with Crippen LogP contribution in [-0.2, 0) is 4.74 Å². The van der Waals surface area contributed by atoms with Crippen LogP contribution in [0.5, 0.6) is 0 Å². The second-order valence-electron chi connectivity index (χ2n) is 2.69. The number of esters is 1. The normalized spacial score (nSPS) is 10.4. The van der Waals surface area contributed by atoms with Crippen molar-refractivity contribution < 1.29 is 9.53 Å². The molecular formula is C9H9N3O2. The molecule has 5 nitrogen and oxygen atoms in total. The fourth-order valence-corrected chi connectivity index (χ4v) is 1.14. The maximum absolute atomic E-state index is 11.3. The highest BCUT2D eigenvalue weighted by Gasteiger charge is 2.08. The van der Waals surface area contributed by atoms with E-state index in [9.17, 15) is 4.79 Å². The third kappa shape index (κ3) is 1.44. The molecule has 0 aliphatic heterocycles. The van der Waals surface area contributed by atoms with Crippen molar-refractivity contribution in [3.05, 3.63) is 30.5 Å². The fourth-order valence-electron chi connectivity index (χ4n) is 1.14. The van der Waals surface area contributed by atoms with Crippen molar-refractivity contribution >= 4 is 11.6 Å². The number of carbonyl (C=O) groups is 1. The third-order valence-electron chi connectivity index (χ3n) is 1.76. The van der Waals surface area contributed by atoms with Crippen molar-refractivity contribution in [1.82, 2.24) is 14.4 Å². The summed E-state index contributed by atoms with van der Waals surface area (Å²) in [5.41, 5.74) is 0.996. The average Bonchev–Trinajstić information content (AvgIpc) is 2.64. The molecule has 0 saturated carbocycles. The van der Waals surface area contributed by atoms with Crippen molar-refractivity contribution in [2.75, 3.05) is 6.61 Å². The quantitative estimate of drug-likeness (QED) is 0.662. The maximum atomic E-state index is 11.3. The first-order valence-corrected chi connectivity index (χ1v) is 4.27. The molecule has 2 rings (SSSR count). The molecule has 2 heterocycles. The van der Waals surface area contributed by atoms with Crippen molar-refractivity contribution in [3.8, 4) is 0 Å². The van der Waals surface area contributed by atoms with Gasteiger partial charge in [0, 0.05) is 18.6 Å². The number of rotatable bonds is 2. The Morgan fingerprint density at radius 2 is 2.43 bits per heavy atom. The summed E-state index contributed by atoms with van der Waals surface area (Å²) < 4.78 is 6.54. The van der Waals surface area contributed by atoms with E-state index in [2.05, 4.69) is 9.97 Å². The standard InChI is InChI=1S/C9H9N3O2/c1-2-14-9(13)7-6-12-4-3-10-8(12)5-11-7/h3-6H,2H2,1H3. The Morgan fingerprint density at radius 1 is 1.57 bits per heavy atom. The smallest absolute Gasteiger partial charge is 0.358 e. The van der Waals surface area contributed by atoms with Gasteiger partial charge < -0.3 is 9.14 Å². The minimum absolute atomic E-state index is 0.289. The monoisotopic (exact) mass is 191 g/mol. The zero-order chi connectivity index (χ0) is 9.97. The van der Waals surface area contributed by atoms with E-state index in [1.165, 1.54) is 6.20 Å². The lowest BCUT2D eigenvalue weighted by Crippen LogP contribution is -2.08. The molecule has 0 N–H and O–H groups in total. The molecule has 0 bridgehead atoms. The van der Waals surface area contributed by atoms with Crippen molar-refractivity contribution in [2.24, 2.45) is 0 Å². The number of hydrogen-bond donors (Lipinski definition) is 0. The number of ether oxygens (including phenoxy) is 1. The van der Waals surface area contributed by atoms with Gasteiger partial charge in [-0.2, -0.15) is 0 Å². The van der Waals surface area contributed by atoms with Gasteiger partial charge in [-0.25, -0.2) is 14.8 Å². The van der Waals surface area contributed by atoms with E-state index in [-0.39, 0.29) is 5.69 Å². The molecule has 72 valence electrons. The highest BCUT2D eigenvalue weighted by molar-refractivity contribution is 5.87. The number of nitrogens with zero attached hydrogens (tertiary/aromatic N) is 3. The van der Waals surface area contributed by atoms with Gasteiger partial charge in [-0.3, -0.25) is 0 Å². The van der Waals surface area contributed by atoms with Gasteiger partial charge in [-0.05, 0) is 6.92 Å². The van der Waals surface area contributed by atoms with Crippen LogP contribution in [0.4, 0.5) is 0 Å². The summed E-state index contributed by atoms with van der Waals surface area (Å²) in [5, 5.41) is 0. The molecule has 14 heavy (non-hydrogen) atoms. The predicted molar refractivity (Wildman–Crippen MR) is 48.9 cm³/mol. The molecule has 0 aliphatic carbocycles. The fraction of sp³-hybridized carbons (Fsp3) is 0.222. The lowest BCUT2D eigenvalue weighted by atomic mass is 10.4. The third-order valence-corrected chi connectivity index (χ3v) is 1.76. The molecule has 0 spiro atoms. The summed E-state index contributed by atoms with van der Waals surface area (Å²) >= 11 is 0. The SMILES string of the molecule is CCOC(=O)c1cn2ccnc2cn1. The zero-order valence-corrected chi connectivity index (χ0v) is 7.67. The highest BCUT2D eigenvalue weighted by atomic mass is 16.5. The first-order valence-electron chi connectivity index (χ1n) is 4.27. The zero-order valence-electron chi connectivity index (χ0n) is 7.67. The van der Waals surface area contributed by atoms with E-state index in [1.807, 2.05) is 0 Å². The number of aromatic nitrogens is 3. The van der Waals surface area contributed by atoms with Crippen molar-refractivity contribution in [3.63, 3.8) is 0 Å². The van der Waals surface area contributed by atoms with Gasteiger partial charge in [0.25, 0.3) is 0 Å². The number of carbonyl (C=O) groups excluding carboxylic acids is 1. The lowest BCUT2D eigenvalue weighted by molar-refractivity contribution is 0.0519. The summed E-state index contributed by atoms with van der Waals surface area (Å²) in [4.78, 5) is 19.2. The number of hydrogen-bond acceptors (Lipinski definition) is 4. The van der Waals surface area contributed by atoms with E-state index in [0.29, 0.717) is 12.3 Å². The Hall–Kier alpha value is -1.91. The van der Waals surface area contributed by atoms with E-state index in [1.54, 1.807) is 29.9 Å². The molecule has 2 aromatic heterocycles. The van der Waals surface area contributed by atoms with Gasteiger partial charge in [-0.1, -0.05) is 0 Å². The van der Waals surface area contributed by atoms with Crippen LogP contribution >= 0.6 is 0 Å². The van der Waals surface area contributed by atoms with Crippen LogP contribution in [0.25, 0.3) is 5.65 Å². The van der Waals surface area contributed by atoms with Gasteiger partial charge >= 0.3 is 5.97 Å². The van der Waals surface area contributed by atoms with Gasteiger partial charge in [0.1, 0.15) is 0 Å².